The van der Waals surface area contributed by atoms with E-state index in [9.17, 15) is 9.90 Å². The molecular weight excluding hydrogens is 288 g/mol. The van der Waals surface area contributed by atoms with Crippen LogP contribution in [0.1, 0.15) is 31.4 Å². The van der Waals surface area contributed by atoms with Crippen LogP contribution in [-0.2, 0) is 4.79 Å². The number of nitrogens with one attached hydrogen (secondary N) is 1. The SMILES string of the molecule is CC(NC(=O)CN(C)CC(O)C1CC1)c1ccc(Cl)cc1. The molecule has 116 valence electrons. The molecule has 0 aliphatic heterocycles. The van der Waals surface area contributed by atoms with Crippen molar-refractivity contribution in [3.05, 3.63) is 34.9 Å². The number of carbonyl (C=O) groups is 1. The van der Waals surface area contributed by atoms with Gasteiger partial charge in [0.15, 0.2) is 0 Å². The van der Waals surface area contributed by atoms with Crippen LogP contribution in [-0.4, -0.2) is 42.2 Å². The van der Waals surface area contributed by atoms with Crippen molar-refractivity contribution < 1.29 is 9.90 Å². The van der Waals surface area contributed by atoms with Crippen LogP contribution >= 0.6 is 11.6 Å². The Morgan fingerprint density at radius 1 is 1.43 bits per heavy atom. The van der Waals surface area contributed by atoms with Crippen molar-refractivity contribution in [3.8, 4) is 0 Å². The highest BCUT2D eigenvalue weighted by molar-refractivity contribution is 6.30. The molecule has 1 amide bonds. The predicted molar refractivity (Wildman–Crippen MR) is 84.2 cm³/mol. The molecule has 2 unspecified atom stereocenters. The van der Waals surface area contributed by atoms with Crippen LogP contribution in [0.2, 0.25) is 5.02 Å². The number of likely N-dealkylation sites (N-methyl/N-ethyl adjacent to an activating group) is 1. The van der Waals surface area contributed by atoms with Gasteiger partial charge in [-0.1, -0.05) is 23.7 Å². The number of hydrogen-bond donors (Lipinski definition) is 2. The van der Waals surface area contributed by atoms with Crippen LogP contribution in [0.5, 0.6) is 0 Å². The summed E-state index contributed by atoms with van der Waals surface area (Å²) in [5.41, 5.74) is 1.02. The van der Waals surface area contributed by atoms with E-state index in [-0.39, 0.29) is 18.1 Å². The van der Waals surface area contributed by atoms with Crippen molar-refractivity contribution in [2.45, 2.75) is 31.9 Å². The molecular formula is C16H23ClN2O2. The molecule has 1 aromatic rings. The van der Waals surface area contributed by atoms with E-state index in [1.807, 2.05) is 43.1 Å². The van der Waals surface area contributed by atoms with Crippen molar-refractivity contribution >= 4 is 17.5 Å². The van der Waals surface area contributed by atoms with Crippen molar-refractivity contribution in [2.75, 3.05) is 20.1 Å². The van der Waals surface area contributed by atoms with Crippen LogP contribution in [0.15, 0.2) is 24.3 Å². The van der Waals surface area contributed by atoms with Crippen LogP contribution < -0.4 is 5.32 Å². The third-order valence-corrected chi connectivity index (χ3v) is 4.08. The molecule has 1 aliphatic carbocycles. The van der Waals surface area contributed by atoms with Gasteiger partial charge in [-0.3, -0.25) is 9.69 Å². The Kier molecular flexibility index (Phi) is 5.62. The Bertz CT molecular complexity index is 474. The number of carbonyl (C=O) groups excluding carboxylic acids is 1. The number of rotatable bonds is 7. The molecule has 2 atom stereocenters. The molecule has 2 N–H and O–H groups in total. The van der Waals surface area contributed by atoms with E-state index < -0.39 is 0 Å². The molecule has 0 spiro atoms. The Balaban J connectivity index is 1.76. The average Bonchev–Trinajstić information content (AvgIpc) is 3.22. The number of aliphatic hydroxyl groups excluding tert-OH is 1. The summed E-state index contributed by atoms with van der Waals surface area (Å²) in [4.78, 5) is 13.9. The fourth-order valence-electron chi connectivity index (χ4n) is 2.38. The predicted octanol–water partition coefficient (Wildman–Crippen LogP) is 2.22. The smallest absolute Gasteiger partial charge is 0.234 e. The fraction of sp³-hybridized carbons (Fsp3) is 0.562. The summed E-state index contributed by atoms with van der Waals surface area (Å²) in [5, 5.41) is 13.5. The zero-order valence-corrected chi connectivity index (χ0v) is 13.3. The van der Waals surface area contributed by atoms with Crippen molar-refractivity contribution in [2.24, 2.45) is 5.92 Å². The minimum atomic E-state index is -0.309. The van der Waals surface area contributed by atoms with Crippen molar-refractivity contribution in [3.63, 3.8) is 0 Å². The van der Waals surface area contributed by atoms with E-state index in [0.29, 0.717) is 24.0 Å². The summed E-state index contributed by atoms with van der Waals surface area (Å²) in [6.07, 6.45) is 1.90. The summed E-state index contributed by atoms with van der Waals surface area (Å²) in [7, 11) is 1.86. The molecule has 0 saturated heterocycles. The monoisotopic (exact) mass is 310 g/mol. The van der Waals surface area contributed by atoms with Gasteiger partial charge < -0.3 is 10.4 Å². The van der Waals surface area contributed by atoms with E-state index >= 15 is 0 Å². The lowest BCUT2D eigenvalue weighted by molar-refractivity contribution is -0.122. The molecule has 1 aliphatic rings. The van der Waals surface area contributed by atoms with Gasteiger partial charge in [-0.2, -0.15) is 0 Å². The second-order valence-corrected chi connectivity index (χ2v) is 6.38. The summed E-state index contributed by atoms with van der Waals surface area (Å²) >= 11 is 5.85. The van der Waals surface area contributed by atoms with E-state index in [1.165, 1.54) is 0 Å². The van der Waals surface area contributed by atoms with Gasteiger partial charge in [0.2, 0.25) is 5.91 Å². The van der Waals surface area contributed by atoms with Gasteiger partial charge in [0.05, 0.1) is 18.7 Å². The molecule has 0 radical (unpaired) electrons. The number of nitrogens with zero attached hydrogens (tertiary/aromatic N) is 1. The number of benzene rings is 1. The fourth-order valence-corrected chi connectivity index (χ4v) is 2.51. The topological polar surface area (TPSA) is 52.6 Å². The lowest BCUT2D eigenvalue weighted by Gasteiger charge is -2.21. The molecule has 1 saturated carbocycles. The van der Waals surface area contributed by atoms with Gasteiger partial charge in [-0.15, -0.1) is 0 Å². The molecule has 0 aromatic heterocycles. The third kappa shape index (κ3) is 5.30. The van der Waals surface area contributed by atoms with Gasteiger partial charge in [0.25, 0.3) is 0 Å². The Labute approximate surface area is 131 Å². The lowest BCUT2D eigenvalue weighted by Crippen LogP contribution is -2.39. The zero-order chi connectivity index (χ0) is 15.4. The largest absolute Gasteiger partial charge is 0.392 e. The number of aliphatic hydroxyl groups is 1. The number of halogens is 1. The highest BCUT2D eigenvalue weighted by Crippen LogP contribution is 2.32. The van der Waals surface area contributed by atoms with E-state index in [4.69, 9.17) is 11.6 Å². The second-order valence-electron chi connectivity index (χ2n) is 5.94. The first-order valence-corrected chi connectivity index (χ1v) is 7.75. The van der Waals surface area contributed by atoms with Crippen LogP contribution in [0, 0.1) is 5.92 Å². The summed E-state index contributed by atoms with van der Waals surface area (Å²) in [6.45, 7) is 2.79. The first-order valence-electron chi connectivity index (χ1n) is 7.37. The minimum Gasteiger partial charge on any atom is -0.392 e. The normalized spacial score (nSPS) is 17.6. The van der Waals surface area contributed by atoms with Crippen molar-refractivity contribution in [1.82, 2.24) is 10.2 Å². The maximum Gasteiger partial charge on any atom is 0.234 e. The quantitative estimate of drug-likeness (QED) is 0.812. The summed E-state index contributed by atoms with van der Waals surface area (Å²) < 4.78 is 0. The summed E-state index contributed by atoms with van der Waals surface area (Å²) in [5.74, 6) is 0.395. The maximum atomic E-state index is 12.0. The lowest BCUT2D eigenvalue weighted by atomic mass is 10.1. The van der Waals surface area contributed by atoms with Crippen molar-refractivity contribution in [1.29, 1.82) is 0 Å². The van der Waals surface area contributed by atoms with Gasteiger partial charge in [0.1, 0.15) is 0 Å². The first kappa shape index (κ1) is 16.3. The van der Waals surface area contributed by atoms with Gasteiger partial charge >= 0.3 is 0 Å². The molecule has 5 heteroatoms. The molecule has 2 rings (SSSR count). The van der Waals surface area contributed by atoms with Gasteiger partial charge in [0, 0.05) is 11.6 Å². The first-order chi connectivity index (χ1) is 9.95. The Hall–Kier alpha value is -1.10. The molecule has 1 aromatic carbocycles. The molecule has 0 heterocycles. The second kappa shape index (κ2) is 7.25. The third-order valence-electron chi connectivity index (χ3n) is 3.83. The standard InChI is InChI=1S/C16H23ClN2O2/c1-11(12-5-7-14(17)8-6-12)18-16(21)10-19(2)9-15(20)13-3-4-13/h5-8,11,13,15,20H,3-4,9-10H2,1-2H3,(H,18,21). The van der Waals surface area contributed by atoms with Gasteiger partial charge in [-0.05, 0) is 50.4 Å². The molecule has 0 bridgehead atoms. The average molecular weight is 311 g/mol. The van der Waals surface area contributed by atoms with Gasteiger partial charge in [-0.25, -0.2) is 0 Å². The molecule has 4 nitrogen and oxygen atoms in total. The zero-order valence-electron chi connectivity index (χ0n) is 12.6. The van der Waals surface area contributed by atoms with E-state index in [0.717, 1.165) is 18.4 Å². The highest BCUT2D eigenvalue weighted by atomic mass is 35.5. The summed E-state index contributed by atoms with van der Waals surface area (Å²) in [6, 6.07) is 7.40. The Morgan fingerprint density at radius 2 is 2.05 bits per heavy atom. The number of amides is 1. The van der Waals surface area contributed by atoms with E-state index in [2.05, 4.69) is 5.32 Å². The Morgan fingerprint density at radius 3 is 2.62 bits per heavy atom. The highest BCUT2D eigenvalue weighted by Gasteiger charge is 2.30. The molecule has 21 heavy (non-hydrogen) atoms. The minimum absolute atomic E-state index is 0.0389. The van der Waals surface area contributed by atoms with Crippen LogP contribution in [0.3, 0.4) is 0 Å². The van der Waals surface area contributed by atoms with Crippen LogP contribution in [0.4, 0.5) is 0 Å². The maximum absolute atomic E-state index is 12.0. The van der Waals surface area contributed by atoms with Crippen LogP contribution in [0.25, 0.3) is 0 Å². The number of hydrogen-bond acceptors (Lipinski definition) is 3. The molecule has 1 fully saturated rings. The van der Waals surface area contributed by atoms with E-state index in [1.54, 1.807) is 0 Å².